The Labute approximate surface area is 142 Å². The molecule has 2 saturated heterocycles. The number of likely N-dealkylation sites (tertiary alicyclic amines) is 2. The van der Waals surface area contributed by atoms with E-state index < -0.39 is 0 Å². The maximum Gasteiger partial charge on any atom is 0.0565 e. The van der Waals surface area contributed by atoms with Crippen molar-refractivity contribution in [3.05, 3.63) is 40.3 Å². The number of rotatable bonds is 4. The zero-order valence-corrected chi connectivity index (χ0v) is 14.9. The molecular formula is C18H26N4S. The van der Waals surface area contributed by atoms with E-state index in [-0.39, 0.29) is 0 Å². The van der Waals surface area contributed by atoms with Crippen molar-refractivity contribution in [2.75, 3.05) is 20.1 Å². The molecule has 2 aromatic rings. The van der Waals surface area contributed by atoms with Gasteiger partial charge in [-0.1, -0.05) is 0 Å². The first kappa shape index (κ1) is 15.4. The second kappa shape index (κ2) is 6.38. The molecule has 0 spiro atoms. The largest absolute Gasteiger partial charge is 0.298 e. The van der Waals surface area contributed by atoms with Crippen molar-refractivity contribution in [1.82, 2.24) is 19.6 Å². The molecule has 3 atom stereocenters. The normalized spacial score (nSPS) is 29.0. The van der Waals surface area contributed by atoms with Crippen molar-refractivity contribution < 1.29 is 0 Å². The third-order valence-electron chi connectivity index (χ3n) is 5.58. The molecular weight excluding hydrogens is 304 g/mol. The molecule has 0 amide bonds. The Hall–Kier alpha value is -1.17. The van der Waals surface area contributed by atoms with Gasteiger partial charge in [0.2, 0.25) is 0 Å². The first-order valence-corrected chi connectivity index (χ1v) is 9.48. The van der Waals surface area contributed by atoms with Gasteiger partial charge in [0, 0.05) is 53.9 Å². The van der Waals surface area contributed by atoms with E-state index in [0.717, 1.165) is 25.0 Å². The van der Waals surface area contributed by atoms with Crippen molar-refractivity contribution >= 4 is 11.3 Å². The number of aryl methyl sites for hydroxylation is 1. The van der Waals surface area contributed by atoms with Gasteiger partial charge in [-0.25, -0.2) is 0 Å². The lowest BCUT2D eigenvalue weighted by Gasteiger charge is -2.37. The van der Waals surface area contributed by atoms with Gasteiger partial charge < -0.3 is 0 Å². The summed E-state index contributed by atoms with van der Waals surface area (Å²) >= 11 is 1.95. The van der Waals surface area contributed by atoms with Crippen molar-refractivity contribution in [2.24, 2.45) is 5.92 Å². The monoisotopic (exact) mass is 330 g/mol. The zero-order chi connectivity index (χ0) is 15.8. The number of thiophene rings is 1. The van der Waals surface area contributed by atoms with Crippen LogP contribution in [0.15, 0.2) is 30.6 Å². The van der Waals surface area contributed by atoms with Crippen LogP contribution in [0.2, 0.25) is 0 Å². The third kappa shape index (κ3) is 3.23. The molecule has 0 bridgehead atoms. The fraction of sp³-hybridized carbons (Fsp3) is 0.611. The Morgan fingerprint density at radius 2 is 2.26 bits per heavy atom. The molecule has 124 valence electrons. The zero-order valence-electron chi connectivity index (χ0n) is 14.1. The van der Waals surface area contributed by atoms with Gasteiger partial charge in [0.05, 0.1) is 6.54 Å². The van der Waals surface area contributed by atoms with Crippen LogP contribution in [-0.2, 0) is 13.1 Å². The average Bonchev–Trinajstić information content (AvgIpc) is 3.24. The number of nitrogens with zero attached hydrogens (tertiary/aromatic N) is 4. The maximum absolute atomic E-state index is 4.39. The fourth-order valence-corrected chi connectivity index (χ4v) is 5.34. The smallest absolute Gasteiger partial charge is 0.0565 e. The molecule has 2 aliphatic heterocycles. The van der Waals surface area contributed by atoms with Crippen LogP contribution in [-0.4, -0.2) is 51.8 Å². The van der Waals surface area contributed by atoms with Crippen LogP contribution < -0.4 is 0 Å². The molecule has 2 fully saturated rings. The molecule has 5 heteroatoms. The van der Waals surface area contributed by atoms with Crippen LogP contribution in [0.5, 0.6) is 0 Å². The Bertz CT molecular complexity index is 635. The molecule has 4 rings (SSSR count). The van der Waals surface area contributed by atoms with E-state index in [0.29, 0.717) is 6.04 Å². The van der Waals surface area contributed by atoms with Gasteiger partial charge in [0.1, 0.15) is 0 Å². The van der Waals surface area contributed by atoms with E-state index >= 15 is 0 Å². The number of piperidine rings is 1. The van der Waals surface area contributed by atoms with Gasteiger partial charge in [-0.15, -0.1) is 11.3 Å². The van der Waals surface area contributed by atoms with Crippen LogP contribution in [0.25, 0.3) is 0 Å². The summed E-state index contributed by atoms with van der Waals surface area (Å²) in [7, 11) is 2.32. The second-order valence-electron chi connectivity index (χ2n) is 7.15. The highest BCUT2D eigenvalue weighted by molar-refractivity contribution is 7.11. The second-order valence-corrected chi connectivity index (χ2v) is 8.52. The van der Waals surface area contributed by atoms with E-state index in [1.807, 2.05) is 23.6 Å². The number of hydrogen-bond donors (Lipinski definition) is 0. The van der Waals surface area contributed by atoms with Crippen LogP contribution in [0.1, 0.15) is 22.6 Å². The van der Waals surface area contributed by atoms with Gasteiger partial charge in [-0.05, 0) is 50.9 Å². The predicted molar refractivity (Wildman–Crippen MR) is 94.6 cm³/mol. The summed E-state index contributed by atoms with van der Waals surface area (Å²) < 4.78 is 2.09. The summed E-state index contributed by atoms with van der Waals surface area (Å²) in [6.45, 7) is 6.85. The molecule has 23 heavy (non-hydrogen) atoms. The van der Waals surface area contributed by atoms with Crippen molar-refractivity contribution in [2.45, 2.75) is 44.9 Å². The van der Waals surface area contributed by atoms with Crippen LogP contribution >= 0.6 is 11.3 Å². The number of likely N-dealkylation sites (N-methyl/N-ethyl adjacent to an activating group) is 1. The Kier molecular flexibility index (Phi) is 4.26. The van der Waals surface area contributed by atoms with E-state index in [9.17, 15) is 0 Å². The van der Waals surface area contributed by atoms with Crippen LogP contribution in [0.4, 0.5) is 0 Å². The van der Waals surface area contributed by atoms with Crippen molar-refractivity contribution in [1.29, 1.82) is 0 Å². The van der Waals surface area contributed by atoms with E-state index in [1.165, 1.54) is 35.7 Å². The first-order valence-electron chi connectivity index (χ1n) is 8.66. The fourth-order valence-electron chi connectivity index (χ4n) is 4.41. The quantitative estimate of drug-likeness (QED) is 0.861. The van der Waals surface area contributed by atoms with Gasteiger partial charge in [-0.3, -0.25) is 14.5 Å². The summed E-state index contributed by atoms with van der Waals surface area (Å²) in [5, 5.41) is 4.39. The predicted octanol–water partition coefficient (Wildman–Crippen LogP) is 2.85. The maximum atomic E-state index is 4.39. The van der Waals surface area contributed by atoms with Crippen LogP contribution in [0, 0.1) is 12.8 Å². The molecule has 2 aliphatic rings. The topological polar surface area (TPSA) is 24.3 Å². The highest BCUT2D eigenvalue weighted by Crippen LogP contribution is 2.35. The molecule has 4 nitrogen and oxygen atoms in total. The highest BCUT2D eigenvalue weighted by Gasteiger charge is 2.41. The lowest BCUT2D eigenvalue weighted by Crippen LogP contribution is -2.45. The van der Waals surface area contributed by atoms with E-state index in [4.69, 9.17) is 0 Å². The number of fused-ring (bicyclic) bond motifs is 1. The molecule has 2 aromatic heterocycles. The summed E-state index contributed by atoms with van der Waals surface area (Å²) in [6.07, 6.45) is 6.58. The molecule has 0 aliphatic carbocycles. The van der Waals surface area contributed by atoms with Crippen molar-refractivity contribution in [3.8, 4) is 0 Å². The molecule has 1 unspecified atom stereocenters. The standard InChI is InChI=1S/C18H26N4S/c1-14-4-5-17(23-14)13-21-9-6-18-15(11-21)10-16(20(18)2)12-22-8-3-7-19-22/h3-5,7-8,15-16,18H,6,9-13H2,1-2H3/t15-,16?,18+/m1/s1. The van der Waals surface area contributed by atoms with Crippen molar-refractivity contribution in [3.63, 3.8) is 0 Å². The molecule has 4 heterocycles. The summed E-state index contributed by atoms with van der Waals surface area (Å²) in [4.78, 5) is 8.23. The lowest BCUT2D eigenvalue weighted by atomic mass is 9.92. The average molecular weight is 331 g/mol. The Balaban J connectivity index is 1.38. The number of hydrogen-bond acceptors (Lipinski definition) is 4. The Morgan fingerprint density at radius 3 is 3.00 bits per heavy atom. The van der Waals surface area contributed by atoms with Gasteiger partial charge >= 0.3 is 0 Å². The Morgan fingerprint density at radius 1 is 1.35 bits per heavy atom. The molecule has 0 saturated carbocycles. The van der Waals surface area contributed by atoms with E-state index in [1.54, 1.807) is 0 Å². The van der Waals surface area contributed by atoms with Gasteiger partial charge in [-0.2, -0.15) is 5.10 Å². The highest BCUT2D eigenvalue weighted by atomic mass is 32.1. The van der Waals surface area contributed by atoms with Gasteiger partial charge in [0.25, 0.3) is 0 Å². The summed E-state index contributed by atoms with van der Waals surface area (Å²) in [6, 6.07) is 7.96. The molecule has 0 N–H and O–H groups in total. The SMILES string of the molecule is Cc1ccc(CN2CC[C@H]3[C@H](CC(Cn4cccn4)N3C)C2)s1. The minimum atomic E-state index is 0.633. The summed E-state index contributed by atoms with van der Waals surface area (Å²) in [5.41, 5.74) is 0. The number of aromatic nitrogens is 2. The van der Waals surface area contributed by atoms with E-state index in [2.05, 4.69) is 51.9 Å². The third-order valence-corrected chi connectivity index (χ3v) is 6.57. The van der Waals surface area contributed by atoms with Crippen LogP contribution in [0.3, 0.4) is 0 Å². The van der Waals surface area contributed by atoms with Gasteiger partial charge in [0.15, 0.2) is 0 Å². The minimum Gasteiger partial charge on any atom is -0.298 e. The lowest BCUT2D eigenvalue weighted by molar-refractivity contribution is 0.110. The molecule has 0 radical (unpaired) electrons. The summed E-state index contributed by atoms with van der Waals surface area (Å²) in [5.74, 6) is 0.815. The minimum absolute atomic E-state index is 0.633. The first-order chi connectivity index (χ1) is 11.2. The molecule has 0 aromatic carbocycles.